The zero-order chi connectivity index (χ0) is 15.2. The molecule has 0 saturated carbocycles. The van der Waals surface area contributed by atoms with Crippen LogP contribution in [0.4, 0.5) is 4.79 Å². The predicted octanol–water partition coefficient (Wildman–Crippen LogP) is 1.59. The third kappa shape index (κ3) is 3.48. The van der Waals surface area contributed by atoms with Crippen LogP contribution in [0.5, 0.6) is 0 Å². The Morgan fingerprint density at radius 3 is 3.10 bits per heavy atom. The van der Waals surface area contributed by atoms with Gasteiger partial charge in [0, 0.05) is 18.4 Å². The average Bonchev–Trinajstić information content (AvgIpc) is 2.85. The van der Waals surface area contributed by atoms with Crippen molar-refractivity contribution in [1.82, 2.24) is 19.9 Å². The summed E-state index contributed by atoms with van der Waals surface area (Å²) >= 11 is 0. The number of nitrogens with zero attached hydrogens (tertiary/aromatic N) is 4. The molecule has 2 aromatic heterocycles. The number of hydrogen-bond acceptors (Lipinski definition) is 5. The highest BCUT2D eigenvalue weighted by Gasteiger charge is 2.09. The van der Waals surface area contributed by atoms with Crippen molar-refractivity contribution in [3.63, 3.8) is 0 Å². The van der Waals surface area contributed by atoms with E-state index in [9.17, 15) is 4.79 Å². The van der Waals surface area contributed by atoms with E-state index in [1.807, 2.05) is 13.1 Å². The van der Waals surface area contributed by atoms with Crippen LogP contribution in [-0.4, -0.2) is 33.8 Å². The monoisotopic (exact) mass is 287 g/mol. The van der Waals surface area contributed by atoms with Crippen LogP contribution in [0.25, 0.3) is 5.65 Å². The molecular formula is C14H17N5O2. The smallest absolute Gasteiger partial charge is 0.407 e. The minimum absolute atomic E-state index is 0.367. The number of nitriles is 1. The number of aromatic nitrogens is 3. The van der Waals surface area contributed by atoms with E-state index in [0.29, 0.717) is 24.4 Å². The lowest BCUT2D eigenvalue weighted by atomic mass is 10.1. The first-order valence-electron chi connectivity index (χ1n) is 6.80. The van der Waals surface area contributed by atoms with Gasteiger partial charge in [-0.3, -0.25) is 0 Å². The molecule has 0 aliphatic carbocycles. The van der Waals surface area contributed by atoms with Crippen molar-refractivity contribution in [1.29, 1.82) is 5.26 Å². The van der Waals surface area contributed by atoms with Crippen LogP contribution >= 0.6 is 0 Å². The highest BCUT2D eigenvalue weighted by Crippen LogP contribution is 2.13. The number of alkyl carbamates (subject to hydrolysis) is 1. The Morgan fingerprint density at radius 1 is 1.57 bits per heavy atom. The molecule has 0 radical (unpaired) electrons. The fourth-order valence-corrected chi connectivity index (χ4v) is 2.01. The molecule has 0 bridgehead atoms. The lowest BCUT2D eigenvalue weighted by Gasteiger charge is -2.07. The van der Waals surface area contributed by atoms with Crippen LogP contribution in [-0.2, 0) is 11.2 Å². The standard InChI is InChI=1S/C14H17N5O2/c1-3-21-14(20)16-6-4-5-11-9-19-13(18-10(11)2)12(7-15)8-17-19/h8-9H,3-6H2,1-2H3,(H,16,20). The molecule has 0 saturated heterocycles. The van der Waals surface area contributed by atoms with Gasteiger partial charge < -0.3 is 10.1 Å². The maximum atomic E-state index is 11.1. The summed E-state index contributed by atoms with van der Waals surface area (Å²) in [7, 11) is 0. The molecule has 2 rings (SSSR count). The Morgan fingerprint density at radius 2 is 2.38 bits per heavy atom. The molecule has 0 unspecified atom stereocenters. The third-order valence-electron chi connectivity index (χ3n) is 3.07. The Kier molecular flexibility index (Phi) is 4.72. The van der Waals surface area contributed by atoms with Gasteiger partial charge in [0.25, 0.3) is 0 Å². The molecule has 0 spiro atoms. The zero-order valence-electron chi connectivity index (χ0n) is 12.1. The number of ether oxygens (including phenoxy) is 1. The van der Waals surface area contributed by atoms with E-state index in [-0.39, 0.29) is 0 Å². The summed E-state index contributed by atoms with van der Waals surface area (Å²) in [6.45, 7) is 4.58. The normalized spacial score (nSPS) is 10.3. The van der Waals surface area contributed by atoms with E-state index in [1.54, 1.807) is 11.4 Å². The van der Waals surface area contributed by atoms with Crippen LogP contribution in [0.3, 0.4) is 0 Å². The maximum absolute atomic E-state index is 11.1. The highest BCUT2D eigenvalue weighted by molar-refractivity contribution is 5.66. The van der Waals surface area contributed by atoms with Gasteiger partial charge in [0.15, 0.2) is 5.65 Å². The Hall–Kier alpha value is -2.62. The topological polar surface area (TPSA) is 92.3 Å². The van der Waals surface area contributed by atoms with Crippen molar-refractivity contribution in [2.24, 2.45) is 0 Å². The molecule has 0 aromatic carbocycles. The van der Waals surface area contributed by atoms with Gasteiger partial charge in [-0.15, -0.1) is 0 Å². The lowest BCUT2D eigenvalue weighted by Crippen LogP contribution is -2.25. The van der Waals surface area contributed by atoms with Gasteiger partial charge in [0.05, 0.1) is 12.8 Å². The summed E-state index contributed by atoms with van der Waals surface area (Å²) in [6.07, 6.45) is 4.53. The van der Waals surface area contributed by atoms with Crippen molar-refractivity contribution in [3.8, 4) is 6.07 Å². The van der Waals surface area contributed by atoms with E-state index in [0.717, 1.165) is 24.1 Å². The first-order valence-corrected chi connectivity index (χ1v) is 6.80. The molecule has 2 heterocycles. The SMILES string of the molecule is CCOC(=O)NCCCc1cn2ncc(C#N)c2nc1C. The molecule has 0 aliphatic rings. The number of amides is 1. The van der Waals surface area contributed by atoms with Gasteiger partial charge in [0.2, 0.25) is 0 Å². The lowest BCUT2D eigenvalue weighted by molar-refractivity contribution is 0.152. The summed E-state index contributed by atoms with van der Waals surface area (Å²) in [6, 6.07) is 2.07. The zero-order valence-corrected chi connectivity index (χ0v) is 12.1. The molecule has 1 N–H and O–H groups in total. The van der Waals surface area contributed by atoms with Crippen molar-refractivity contribution in [2.45, 2.75) is 26.7 Å². The maximum Gasteiger partial charge on any atom is 0.407 e. The summed E-state index contributed by atoms with van der Waals surface area (Å²) < 4.78 is 6.39. The highest BCUT2D eigenvalue weighted by atomic mass is 16.5. The van der Waals surface area contributed by atoms with Crippen molar-refractivity contribution in [2.75, 3.05) is 13.2 Å². The number of nitrogens with one attached hydrogen (secondary N) is 1. The molecule has 110 valence electrons. The number of aryl methyl sites for hydroxylation is 2. The summed E-state index contributed by atoms with van der Waals surface area (Å²) in [5, 5.41) is 15.7. The summed E-state index contributed by atoms with van der Waals surface area (Å²) in [5.74, 6) is 0. The van der Waals surface area contributed by atoms with Crippen LogP contribution in [0.15, 0.2) is 12.4 Å². The van der Waals surface area contributed by atoms with Crippen LogP contribution < -0.4 is 5.32 Å². The fraction of sp³-hybridized carbons (Fsp3) is 0.429. The van der Waals surface area contributed by atoms with Crippen molar-refractivity contribution < 1.29 is 9.53 Å². The molecule has 1 amide bonds. The number of hydrogen-bond donors (Lipinski definition) is 1. The van der Waals surface area contributed by atoms with Gasteiger partial charge >= 0.3 is 6.09 Å². The Bertz CT molecular complexity index is 686. The number of carbonyl (C=O) groups is 1. The van der Waals surface area contributed by atoms with Gasteiger partial charge in [-0.2, -0.15) is 10.4 Å². The molecule has 2 aromatic rings. The molecule has 0 fully saturated rings. The third-order valence-corrected chi connectivity index (χ3v) is 3.07. The average molecular weight is 287 g/mol. The first-order chi connectivity index (χ1) is 10.2. The molecule has 0 aliphatic heterocycles. The van der Waals surface area contributed by atoms with E-state index >= 15 is 0 Å². The second-order valence-electron chi connectivity index (χ2n) is 4.54. The fourth-order valence-electron chi connectivity index (χ4n) is 2.01. The number of fused-ring (bicyclic) bond motifs is 1. The summed E-state index contributed by atoms with van der Waals surface area (Å²) in [5.41, 5.74) is 2.95. The van der Waals surface area contributed by atoms with E-state index in [1.165, 1.54) is 6.20 Å². The largest absolute Gasteiger partial charge is 0.450 e. The number of carbonyl (C=O) groups excluding carboxylic acids is 1. The first kappa shape index (κ1) is 14.8. The minimum atomic E-state index is -0.395. The van der Waals surface area contributed by atoms with Crippen LogP contribution in [0.2, 0.25) is 0 Å². The Labute approximate surface area is 122 Å². The molecule has 0 atom stereocenters. The van der Waals surface area contributed by atoms with Crippen LogP contribution in [0.1, 0.15) is 30.2 Å². The van der Waals surface area contributed by atoms with E-state index < -0.39 is 6.09 Å². The van der Waals surface area contributed by atoms with Gasteiger partial charge in [0.1, 0.15) is 11.6 Å². The van der Waals surface area contributed by atoms with Gasteiger partial charge in [-0.1, -0.05) is 0 Å². The van der Waals surface area contributed by atoms with E-state index in [2.05, 4.69) is 21.5 Å². The number of rotatable bonds is 5. The van der Waals surface area contributed by atoms with E-state index in [4.69, 9.17) is 10.00 Å². The van der Waals surface area contributed by atoms with Crippen molar-refractivity contribution in [3.05, 3.63) is 29.2 Å². The predicted molar refractivity (Wildman–Crippen MR) is 75.8 cm³/mol. The molecule has 7 nitrogen and oxygen atoms in total. The quantitative estimate of drug-likeness (QED) is 0.843. The molecule has 7 heteroatoms. The van der Waals surface area contributed by atoms with Crippen molar-refractivity contribution >= 4 is 11.7 Å². The minimum Gasteiger partial charge on any atom is -0.450 e. The summed E-state index contributed by atoms with van der Waals surface area (Å²) in [4.78, 5) is 15.6. The Balaban J connectivity index is 1.98. The second kappa shape index (κ2) is 6.70. The van der Waals surface area contributed by atoms with Gasteiger partial charge in [-0.05, 0) is 32.3 Å². The van der Waals surface area contributed by atoms with Crippen LogP contribution in [0, 0.1) is 18.3 Å². The molecular weight excluding hydrogens is 270 g/mol. The molecule has 21 heavy (non-hydrogen) atoms. The van der Waals surface area contributed by atoms with Gasteiger partial charge in [-0.25, -0.2) is 14.3 Å². The second-order valence-corrected chi connectivity index (χ2v) is 4.54.